The van der Waals surface area contributed by atoms with Crippen molar-refractivity contribution in [1.29, 1.82) is 0 Å². The molecule has 0 saturated heterocycles. The Labute approximate surface area is 141 Å². The number of rotatable bonds is 10. The van der Waals surface area contributed by atoms with Crippen LogP contribution in [0.3, 0.4) is 0 Å². The zero-order valence-corrected chi connectivity index (χ0v) is 14.4. The fourth-order valence-electron chi connectivity index (χ4n) is 1.95. The molecule has 2 amide bonds. The predicted octanol–water partition coefficient (Wildman–Crippen LogP) is -0.455. The topological polar surface area (TPSA) is 159 Å². The maximum absolute atomic E-state index is 12.3. The molecule has 0 radical (unpaired) electrons. The lowest BCUT2D eigenvalue weighted by Crippen LogP contribution is -2.55. The first-order valence-corrected chi connectivity index (χ1v) is 7.78. The van der Waals surface area contributed by atoms with Crippen molar-refractivity contribution in [2.24, 2.45) is 17.6 Å². The highest BCUT2D eigenvalue weighted by Gasteiger charge is 2.30. The van der Waals surface area contributed by atoms with Crippen LogP contribution in [0.5, 0.6) is 0 Å². The second kappa shape index (κ2) is 9.86. The molecule has 0 saturated carbocycles. The lowest BCUT2D eigenvalue weighted by molar-refractivity contribution is -0.143. The first-order chi connectivity index (χ1) is 11.0. The van der Waals surface area contributed by atoms with Gasteiger partial charge in [0.1, 0.15) is 18.1 Å². The molecule has 0 aromatic carbocycles. The molecule has 9 nitrogen and oxygen atoms in total. The zero-order chi connectivity index (χ0) is 19.0. The predicted molar refractivity (Wildman–Crippen MR) is 86.0 cm³/mol. The second-order valence-corrected chi connectivity index (χ2v) is 6.34. The van der Waals surface area contributed by atoms with Crippen molar-refractivity contribution in [3.05, 3.63) is 0 Å². The quantitative estimate of drug-likeness (QED) is 0.358. The van der Waals surface area contributed by atoms with Gasteiger partial charge in [0.15, 0.2) is 0 Å². The van der Waals surface area contributed by atoms with Crippen molar-refractivity contribution in [3.8, 4) is 0 Å². The first kappa shape index (κ1) is 21.8. The van der Waals surface area contributed by atoms with E-state index in [0.717, 1.165) is 0 Å². The van der Waals surface area contributed by atoms with Gasteiger partial charge in [0.2, 0.25) is 11.8 Å². The molecule has 0 aliphatic rings. The maximum atomic E-state index is 12.3. The van der Waals surface area contributed by atoms with E-state index in [-0.39, 0.29) is 24.7 Å². The Hall–Kier alpha value is -2.16. The van der Waals surface area contributed by atoms with E-state index in [2.05, 4.69) is 10.6 Å². The van der Waals surface area contributed by atoms with Gasteiger partial charge in [-0.2, -0.15) is 0 Å². The molecule has 0 bridgehead atoms. The maximum Gasteiger partial charge on any atom is 0.326 e. The van der Waals surface area contributed by atoms with Crippen LogP contribution in [-0.4, -0.2) is 52.1 Å². The summed E-state index contributed by atoms with van der Waals surface area (Å²) >= 11 is 0. The van der Waals surface area contributed by atoms with Gasteiger partial charge in [-0.3, -0.25) is 14.4 Å². The highest BCUT2D eigenvalue weighted by atomic mass is 16.4. The van der Waals surface area contributed by atoms with Crippen molar-refractivity contribution < 1.29 is 29.4 Å². The van der Waals surface area contributed by atoms with E-state index in [4.69, 9.17) is 15.9 Å². The van der Waals surface area contributed by atoms with Crippen molar-refractivity contribution in [1.82, 2.24) is 10.6 Å². The number of hydrogen-bond acceptors (Lipinski definition) is 5. The van der Waals surface area contributed by atoms with Gasteiger partial charge in [0, 0.05) is 6.42 Å². The fourth-order valence-corrected chi connectivity index (χ4v) is 1.95. The minimum Gasteiger partial charge on any atom is -0.480 e. The van der Waals surface area contributed by atoms with Crippen LogP contribution in [0.15, 0.2) is 0 Å². The second-order valence-electron chi connectivity index (χ2n) is 6.34. The summed E-state index contributed by atoms with van der Waals surface area (Å²) in [7, 11) is 0. The van der Waals surface area contributed by atoms with Crippen LogP contribution >= 0.6 is 0 Å². The Balaban J connectivity index is 4.79. The minimum atomic E-state index is -1.21. The van der Waals surface area contributed by atoms with E-state index in [1.165, 1.54) is 0 Å². The van der Waals surface area contributed by atoms with Gasteiger partial charge < -0.3 is 26.6 Å². The van der Waals surface area contributed by atoms with Gasteiger partial charge >= 0.3 is 11.9 Å². The van der Waals surface area contributed by atoms with Crippen LogP contribution in [0.4, 0.5) is 0 Å². The van der Waals surface area contributed by atoms with Crippen LogP contribution in [0.1, 0.15) is 40.5 Å². The first-order valence-electron chi connectivity index (χ1n) is 7.78. The molecular weight excluding hydrogens is 318 g/mol. The van der Waals surface area contributed by atoms with Gasteiger partial charge in [0.25, 0.3) is 0 Å². The molecule has 0 heterocycles. The van der Waals surface area contributed by atoms with Crippen molar-refractivity contribution >= 4 is 23.8 Å². The molecule has 0 aliphatic carbocycles. The molecule has 0 unspecified atom stereocenters. The summed E-state index contributed by atoms with van der Waals surface area (Å²) in [6.45, 7) is 6.74. The number of carboxylic acids is 2. The number of carbonyl (C=O) groups is 4. The Kier molecular flexibility index (Phi) is 8.97. The lowest BCUT2D eigenvalue weighted by atomic mass is 10.00. The summed E-state index contributed by atoms with van der Waals surface area (Å²) in [5.74, 6) is -4.06. The SMILES string of the molecule is CC(C)[C@H](NC(=O)[C@@H](NC(=O)CC[C@H](N)C(=O)O)C(C)C)C(=O)O. The van der Waals surface area contributed by atoms with Crippen molar-refractivity contribution in [3.63, 3.8) is 0 Å². The van der Waals surface area contributed by atoms with E-state index in [1.807, 2.05) is 0 Å². The number of aliphatic carboxylic acids is 2. The largest absolute Gasteiger partial charge is 0.480 e. The Morgan fingerprint density at radius 3 is 1.75 bits per heavy atom. The van der Waals surface area contributed by atoms with Gasteiger partial charge in [-0.15, -0.1) is 0 Å². The molecule has 9 heteroatoms. The fraction of sp³-hybridized carbons (Fsp3) is 0.733. The summed E-state index contributed by atoms with van der Waals surface area (Å²) in [4.78, 5) is 45.9. The summed E-state index contributed by atoms with van der Waals surface area (Å²) in [5, 5.41) is 22.7. The smallest absolute Gasteiger partial charge is 0.326 e. The molecule has 0 fully saturated rings. The molecule has 0 aromatic rings. The third-order valence-corrected chi connectivity index (χ3v) is 3.50. The molecule has 0 aromatic heterocycles. The van der Waals surface area contributed by atoms with E-state index in [0.29, 0.717) is 0 Å². The van der Waals surface area contributed by atoms with Gasteiger partial charge in [-0.25, -0.2) is 4.79 Å². The average molecular weight is 345 g/mol. The number of hydrogen-bond donors (Lipinski definition) is 5. The monoisotopic (exact) mass is 345 g/mol. The number of nitrogens with two attached hydrogens (primary N) is 1. The van der Waals surface area contributed by atoms with Crippen molar-refractivity contribution in [2.45, 2.75) is 58.7 Å². The average Bonchev–Trinajstić information content (AvgIpc) is 2.46. The minimum absolute atomic E-state index is 0.0582. The normalized spacial score (nSPS) is 14.8. The van der Waals surface area contributed by atoms with E-state index in [1.54, 1.807) is 27.7 Å². The number of amides is 2. The molecule has 0 rings (SSSR count). The third kappa shape index (κ3) is 7.40. The lowest BCUT2D eigenvalue weighted by Gasteiger charge is -2.25. The standard InChI is InChI=1S/C15H27N3O6/c1-7(2)11(13(20)18-12(8(3)4)15(23)24)17-10(19)6-5-9(16)14(21)22/h7-9,11-12H,5-6,16H2,1-4H3,(H,17,19)(H,18,20)(H,21,22)(H,23,24)/t9-,11-,12-/m0/s1. The van der Waals surface area contributed by atoms with Crippen LogP contribution in [0.25, 0.3) is 0 Å². The summed E-state index contributed by atoms with van der Waals surface area (Å²) in [6, 6.07) is -3.13. The number of carboxylic acid groups (broad SMARTS) is 2. The van der Waals surface area contributed by atoms with Crippen LogP contribution < -0.4 is 16.4 Å². The van der Waals surface area contributed by atoms with Crippen LogP contribution in [0, 0.1) is 11.8 Å². The number of carbonyl (C=O) groups excluding carboxylic acids is 2. The zero-order valence-electron chi connectivity index (χ0n) is 14.4. The molecule has 6 N–H and O–H groups in total. The number of nitrogens with one attached hydrogen (secondary N) is 2. The molecule has 0 aliphatic heterocycles. The van der Waals surface area contributed by atoms with E-state index >= 15 is 0 Å². The summed E-state index contributed by atoms with van der Waals surface area (Å²) < 4.78 is 0. The van der Waals surface area contributed by atoms with Gasteiger partial charge in [0.05, 0.1) is 0 Å². The molecule has 24 heavy (non-hydrogen) atoms. The van der Waals surface area contributed by atoms with E-state index in [9.17, 15) is 19.2 Å². The van der Waals surface area contributed by atoms with Crippen LogP contribution in [-0.2, 0) is 19.2 Å². The highest BCUT2D eigenvalue weighted by molar-refractivity contribution is 5.90. The Morgan fingerprint density at radius 2 is 1.38 bits per heavy atom. The van der Waals surface area contributed by atoms with Crippen LogP contribution in [0.2, 0.25) is 0 Å². The Bertz CT molecular complexity index is 478. The third-order valence-electron chi connectivity index (χ3n) is 3.50. The van der Waals surface area contributed by atoms with Crippen molar-refractivity contribution in [2.75, 3.05) is 0 Å². The molecular formula is C15H27N3O6. The summed E-state index contributed by atoms with van der Waals surface area (Å²) in [6.07, 6.45) is -0.201. The summed E-state index contributed by atoms with van der Waals surface area (Å²) in [5.41, 5.74) is 5.32. The molecule has 3 atom stereocenters. The Morgan fingerprint density at radius 1 is 0.875 bits per heavy atom. The van der Waals surface area contributed by atoms with Gasteiger partial charge in [-0.05, 0) is 18.3 Å². The molecule has 0 spiro atoms. The highest BCUT2D eigenvalue weighted by Crippen LogP contribution is 2.07. The van der Waals surface area contributed by atoms with E-state index < -0.39 is 41.9 Å². The van der Waals surface area contributed by atoms with Gasteiger partial charge in [-0.1, -0.05) is 27.7 Å². The molecule has 138 valence electrons.